The second-order valence-electron chi connectivity index (χ2n) is 4.94. The molecule has 0 radical (unpaired) electrons. The third-order valence-corrected chi connectivity index (χ3v) is 3.50. The van der Waals surface area contributed by atoms with Crippen molar-refractivity contribution in [2.75, 3.05) is 5.73 Å². The van der Waals surface area contributed by atoms with E-state index in [4.69, 9.17) is 10.5 Å². The maximum atomic E-state index is 13.6. The lowest BCUT2D eigenvalue weighted by Crippen LogP contribution is -2.28. The van der Waals surface area contributed by atoms with Gasteiger partial charge in [-0.05, 0) is 43.4 Å². The quantitative estimate of drug-likeness (QED) is 0.649. The number of esters is 1. The summed E-state index contributed by atoms with van der Waals surface area (Å²) in [5.74, 6) is -0.866. The molecule has 1 saturated carbocycles. The van der Waals surface area contributed by atoms with Crippen molar-refractivity contribution in [3.8, 4) is 0 Å². The van der Waals surface area contributed by atoms with Crippen LogP contribution in [0.1, 0.15) is 43.0 Å². The summed E-state index contributed by atoms with van der Waals surface area (Å²) < 4.78 is 19.0. The van der Waals surface area contributed by atoms with Crippen LogP contribution in [0.4, 0.5) is 10.1 Å². The maximum Gasteiger partial charge on any atom is 0.341 e. The van der Waals surface area contributed by atoms with E-state index in [1.165, 1.54) is 18.6 Å². The molecule has 2 rings (SSSR count). The largest absolute Gasteiger partial charge is 0.458 e. The van der Waals surface area contributed by atoms with Gasteiger partial charge in [-0.1, -0.05) is 13.3 Å². The second-order valence-corrected chi connectivity index (χ2v) is 4.94. The van der Waals surface area contributed by atoms with Gasteiger partial charge in [0.15, 0.2) is 0 Å². The number of halogens is 1. The number of nitrogens with two attached hydrogens (primary N) is 1. The summed E-state index contributed by atoms with van der Waals surface area (Å²) in [5, 5.41) is 0. The predicted molar refractivity (Wildman–Crippen MR) is 67.6 cm³/mol. The van der Waals surface area contributed by atoms with Gasteiger partial charge in [0, 0.05) is 5.69 Å². The van der Waals surface area contributed by atoms with Gasteiger partial charge in [-0.15, -0.1) is 0 Å². The number of rotatable bonds is 2. The van der Waals surface area contributed by atoms with Crippen LogP contribution in [0.5, 0.6) is 0 Å². The molecule has 1 aliphatic carbocycles. The minimum Gasteiger partial charge on any atom is -0.458 e. The predicted octanol–water partition coefficient (Wildman–Crippen LogP) is 3.14. The molecule has 0 spiro atoms. The van der Waals surface area contributed by atoms with E-state index in [1.54, 1.807) is 0 Å². The average molecular weight is 251 g/mol. The van der Waals surface area contributed by atoms with Gasteiger partial charge in [-0.2, -0.15) is 0 Å². The number of ether oxygens (including phenoxy) is 1. The van der Waals surface area contributed by atoms with E-state index < -0.39 is 11.8 Å². The van der Waals surface area contributed by atoms with Crippen LogP contribution in [-0.2, 0) is 4.74 Å². The summed E-state index contributed by atoms with van der Waals surface area (Å²) in [6.07, 6.45) is 4.06. The third kappa shape index (κ3) is 2.81. The van der Waals surface area contributed by atoms with Gasteiger partial charge in [0.05, 0.1) is 5.56 Å². The SMILES string of the molecule is CC1CCCCC1OC(=O)c1ccc(N)cc1F. The summed E-state index contributed by atoms with van der Waals surface area (Å²) in [6.45, 7) is 2.07. The molecule has 0 aliphatic heterocycles. The van der Waals surface area contributed by atoms with Crippen molar-refractivity contribution in [1.29, 1.82) is 0 Å². The smallest absolute Gasteiger partial charge is 0.341 e. The number of nitrogen functional groups attached to an aromatic ring is 1. The number of carbonyl (C=O) groups excluding carboxylic acids is 1. The van der Waals surface area contributed by atoms with Crippen molar-refractivity contribution in [3.05, 3.63) is 29.6 Å². The lowest BCUT2D eigenvalue weighted by molar-refractivity contribution is 0.00437. The molecule has 0 amide bonds. The fourth-order valence-electron chi connectivity index (χ4n) is 2.36. The first-order valence-corrected chi connectivity index (χ1v) is 6.34. The number of hydrogen-bond donors (Lipinski definition) is 1. The molecule has 1 aromatic carbocycles. The van der Waals surface area contributed by atoms with Gasteiger partial charge < -0.3 is 10.5 Å². The van der Waals surface area contributed by atoms with E-state index in [1.807, 2.05) is 0 Å². The van der Waals surface area contributed by atoms with Crippen molar-refractivity contribution in [2.24, 2.45) is 5.92 Å². The molecule has 4 heteroatoms. The van der Waals surface area contributed by atoms with Crippen LogP contribution < -0.4 is 5.73 Å². The van der Waals surface area contributed by atoms with E-state index in [2.05, 4.69) is 6.92 Å². The minimum atomic E-state index is -0.622. The molecule has 2 N–H and O–H groups in total. The van der Waals surface area contributed by atoms with Gasteiger partial charge >= 0.3 is 5.97 Å². The molecule has 0 bridgehead atoms. The molecule has 1 fully saturated rings. The highest BCUT2D eigenvalue weighted by atomic mass is 19.1. The first-order chi connectivity index (χ1) is 8.58. The molecule has 0 heterocycles. The molecule has 98 valence electrons. The minimum absolute atomic E-state index is 0.0398. The highest BCUT2D eigenvalue weighted by molar-refractivity contribution is 5.90. The molecule has 2 unspecified atom stereocenters. The summed E-state index contributed by atoms with van der Waals surface area (Å²) in [6, 6.07) is 4.02. The Kier molecular flexibility index (Phi) is 3.84. The normalized spacial score (nSPS) is 23.7. The fourth-order valence-corrected chi connectivity index (χ4v) is 2.36. The van der Waals surface area contributed by atoms with Crippen LogP contribution in [0.15, 0.2) is 18.2 Å². The van der Waals surface area contributed by atoms with Crippen LogP contribution >= 0.6 is 0 Å². The zero-order valence-corrected chi connectivity index (χ0v) is 10.5. The molecule has 1 aliphatic rings. The molecule has 1 aromatic rings. The Morgan fingerprint density at radius 2 is 2.11 bits per heavy atom. The molecule has 3 nitrogen and oxygen atoms in total. The Balaban J connectivity index is 2.07. The lowest BCUT2D eigenvalue weighted by atomic mass is 9.88. The topological polar surface area (TPSA) is 52.3 Å². The first kappa shape index (κ1) is 12.9. The Labute approximate surface area is 106 Å². The maximum absolute atomic E-state index is 13.6. The van der Waals surface area contributed by atoms with Crippen molar-refractivity contribution in [3.63, 3.8) is 0 Å². The van der Waals surface area contributed by atoms with Crippen LogP contribution in [-0.4, -0.2) is 12.1 Å². The molecular weight excluding hydrogens is 233 g/mol. The Morgan fingerprint density at radius 1 is 1.39 bits per heavy atom. The van der Waals surface area contributed by atoms with Crippen molar-refractivity contribution < 1.29 is 13.9 Å². The summed E-state index contributed by atoms with van der Waals surface area (Å²) in [7, 11) is 0. The van der Waals surface area contributed by atoms with Gasteiger partial charge in [0.2, 0.25) is 0 Å². The highest BCUT2D eigenvalue weighted by Gasteiger charge is 2.26. The van der Waals surface area contributed by atoms with Crippen LogP contribution in [0.25, 0.3) is 0 Å². The molecule has 18 heavy (non-hydrogen) atoms. The molecule has 2 atom stereocenters. The third-order valence-electron chi connectivity index (χ3n) is 3.50. The average Bonchev–Trinajstić information content (AvgIpc) is 2.32. The van der Waals surface area contributed by atoms with Crippen molar-refractivity contribution >= 4 is 11.7 Å². The van der Waals surface area contributed by atoms with E-state index in [0.717, 1.165) is 25.3 Å². The molecular formula is C14H18FNO2. The Bertz CT molecular complexity index is 447. The van der Waals surface area contributed by atoms with Crippen LogP contribution in [0, 0.1) is 11.7 Å². The zero-order chi connectivity index (χ0) is 13.1. The molecule has 0 saturated heterocycles. The summed E-state index contributed by atoms with van der Waals surface area (Å²) in [5.41, 5.74) is 5.70. The standard InChI is InChI=1S/C14H18FNO2/c1-9-4-2-3-5-13(9)18-14(17)11-7-6-10(16)8-12(11)15/h6-9,13H,2-5,16H2,1H3. The lowest BCUT2D eigenvalue weighted by Gasteiger charge is -2.28. The Hall–Kier alpha value is -1.58. The second kappa shape index (κ2) is 5.38. The number of benzene rings is 1. The van der Waals surface area contributed by atoms with E-state index in [9.17, 15) is 9.18 Å². The first-order valence-electron chi connectivity index (χ1n) is 6.34. The van der Waals surface area contributed by atoms with Gasteiger partial charge in [-0.3, -0.25) is 0 Å². The highest BCUT2D eigenvalue weighted by Crippen LogP contribution is 2.27. The van der Waals surface area contributed by atoms with Crippen molar-refractivity contribution in [2.45, 2.75) is 38.7 Å². The van der Waals surface area contributed by atoms with E-state index >= 15 is 0 Å². The zero-order valence-electron chi connectivity index (χ0n) is 10.5. The fraction of sp³-hybridized carbons (Fsp3) is 0.500. The van der Waals surface area contributed by atoms with Crippen molar-refractivity contribution in [1.82, 2.24) is 0 Å². The van der Waals surface area contributed by atoms with Gasteiger partial charge in [-0.25, -0.2) is 9.18 Å². The van der Waals surface area contributed by atoms with Crippen LogP contribution in [0.2, 0.25) is 0 Å². The number of hydrogen-bond acceptors (Lipinski definition) is 3. The number of anilines is 1. The van der Waals surface area contributed by atoms with Gasteiger partial charge in [0.1, 0.15) is 11.9 Å². The molecule has 0 aromatic heterocycles. The van der Waals surface area contributed by atoms with Gasteiger partial charge in [0.25, 0.3) is 0 Å². The van der Waals surface area contributed by atoms with E-state index in [-0.39, 0.29) is 11.7 Å². The Morgan fingerprint density at radius 3 is 2.78 bits per heavy atom. The monoisotopic (exact) mass is 251 g/mol. The van der Waals surface area contributed by atoms with E-state index in [0.29, 0.717) is 11.6 Å². The van der Waals surface area contributed by atoms with Crippen LogP contribution in [0.3, 0.4) is 0 Å². The number of carbonyl (C=O) groups is 1. The summed E-state index contributed by atoms with van der Waals surface area (Å²) in [4.78, 5) is 11.9. The summed E-state index contributed by atoms with van der Waals surface area (Å²) >= 11 is 0.